The van der Waals surface area contributed by atoms with Gasteiger partial charge in [0.25, 0.3) is 0 Å². The van der Waals surface area contributed by atoms with Crippen molar-refractivity contribution in [1.82, 2.24) is 0 Å². The molecule has 0 spiro atoms. The Morgan fingerprint density at radius 3 is 2.52 bits per heavy atom. The van der Waals surface area contributed by atoms with Crippen LogP contribution in [0.25, 0.3) is 11.1 Å². The molecule has 5 rings (SSSR count). The van der Waals surface area contributed by atoms with Crippen LogP contribution in [0, 0.1) is 19.7 Å². The summed E-state index contributed by atoms with van der Waals surface area (Å²) in [5, 5.41) is 19.5. The molecular formula is C32H34ClFO6. The number of carbonyl (C=O) groups is 1. The first-order valence-electron chi connectivity index (χ1n) is 13.5. The molecule has 6 nitrogen and oxygen atoms in total. The number of hydrogen-bond donors (Lipinski definition) is 2. The first-order valence-corrected chi connectivity index (χ1v) is 13.9. The lowest BCUT2D eigenvalue weighted by molar-refractivity contribution is -0.137. The van der Waals surface area contributed by atoms with Gasteiger partial charge >= 0.3 is 5.97 Å². The van der Waals surface area contributed by atoms with Crippen LogP contribution < -0.4 is 14.2 Å². The van der Waals surface area contributed by atoms with Crippen LogP contribution in [0.2, 0.25) is 5.02 Å². The molecule has 1 heterocycles. The van der Waals surface area contributed by atoms with E-state index >= 15 is 4.39 Å². The van der Waals surface area contributed by atoms with Gasteiger partial charge in [0.05, 0.1) is 30.3 Å². The highest BCUT2D eigenvalue weighted by Gasteiger charge is 2.33. The van der Waals surface area contributed by atoms with Crippen molar-refractivity contribution < 1.29 is 33.6 Å². The lowest BCUT2D eigenvalue weighted by Gasteiger charge is -2.21. The number of hydrogen-bond acceptors (Lipinski definition) is 5. The van der Waals surface area contributed by atoms with E-state index in [0.29, 0.717) is 60.3 Å². The SMILES string of the molecule is Cc1cc(OCCC(C)(C)O)cc(C)c1-c1c(Cl)cc(F)c2c1CC[C@H]2Oc1ccc2c(c1)OC[C@H]2CC(=O)O. The number of ether oxygens (including phenoxy) is 3. The van der Waals surface area contributed by atoms with Crippen LogP contribution in [0.4, 0.5) is 4.39 Å². The number of carboxylic acid groups (broad SMARTS) is 1. The smallest absolute Gasteiger partial charge is 0.304 e. The fraction of sp³-hybridized carbons (Fsp3) is 0.406. The van der Waals surface area contributed by atoms with Crippen molar-refractivity contribution in [3.8, 4) is 28.4 Å². The standard InChI is InChI=1S/C32H34ClFO6/c1-17-11-21(38-10-9-32(3,4)37)12-18(2)29(17)30-23-7-8-26(31(23)25(34)15-24(30)33)40-20-5-6-22-19(13-28(35)36)16-39-27(22)14-20/h5-6,11-12,14-15,19,26,37H,7-10,13,16H2,1-4H3,(H,35,36)/t19-,26-/m1/s1. The molecule has 8 heteroatoms. The zero-order valence-electron chi connectivity index (χ0n) is 23.1. The van der Waals surface area contributed by atoms with Crippen molar-refractivity contribution in [2.45, 2.75) is 71.0 Å². The Kier molecular flexibility index (Phi) is 7.73. The molecule has 1 aliphatic carbocycles. The van der Waals surface area contributed by atoms with Crippen LogP contribution >= 0.6 is 11.6 Å². The van der Waals surface area contributed by atoms with Gasteiger partial charge in [-0.25, -0.2) is 4.39 Å². The van der Waals surface area contributed by atoms with Crippen LogP contribution in [0.15, 0.2) is 36.4 Å². The summed E-state index contributed by atoms with van der Waals surface area (Å²) in [6.45, 7) is 8.18. The number of rotatable bonds is 9. The summed E-state index contributed by atoms with van der Waals surface area (Å²) in [4.78, 5) is 11.2. The minimum atomic E-state index is -0.868. The van der Waals surface area contributed by atoms with E-state index in [1.165, 1.54) is 6.07 Å². The number of halogens is 2. The highest BCUT2D eigenvalue weighted by Crippen LogP contribution is 2.47. The molecule has 0 unspecified atom stereocenters. The maximum Gasteiger partial charge on any atom is 0.304 e. The summed E-state index contributed by atoms with van der Waals surface area (Å²) in [7, 11) is 0. The van der Waals surface area contributed by atoms with Gasteiger partial charge in [-0.3, -0.25) is 4.79 Å². The molecule has 0 saturated carbocycles. The van der Waals surface area contributed by atoms with Crippen LogP contribution in [0.3, 0.4) is 0 Å². The summed E-state index contributed by atoms with van der Waals surface area (Å²) in [5.74, 6) is 0.405. The minimum absolute atomic E-state index is 0.00469. The quantitative estimate of drug-likeness (QED) is 0.281. The largest absolute Gasteiger partial charge is 0.493 e. The number of aliphatic hydroxyl groups is 1. The third-order valence-corrected chi connectivity index (χ3v) is 7.96. The maximum absolute atomic E-state index is 15.4. The van der Waals surface area contributed by atoms with Gasteiger partial charge in [-0.15, -0.1) is 0 Å². The molecule has 212 valence electrons. The minimum Gasteiger partial charge on any atom is -0.493 e. The van der Waals surface area contributed by atoms with E-state index in [1.807, 2.05) is 32.0 Å². The summed E-state index contributed by atoms with van der Waals surface area (Å²) in [5.41, 5.74) is 5.09. The summed E-state index contributed by atoms with van der Waals surface area (Å²) in [6.07, 6.45) is 1.22. The molecule has 2 N–H and O–H groups in total. The Morgan fingerprint density at radius 2 is 1.85 bits per heavy atom. The second-order valence-corrected chi connectivity index (χ2v) is 11.8. The van der Waals surface area contributed by atoms with Crippen LogP contribution in [-0.2, 0) is 11.2 Å². The number of aryl methyl sites for hydroxylation is 2. The molecule has 2 aliphatic rings. The van der Waals surface area contributed by atoms with Crippen molar-refractivity contribution in [3.05, 3.63) is 75.1 Å². The summed E-state index contributed by atoms with van der Waals surface area (Å²) in [6, 6.07) is 10.7. The van der Waals surface area contributed by atoms with Crippen molar-refractivity contribution in [2.75, 3.05) is 13.2 Å². The predicted octanol–water partition coefficient (Wildman–Crippen LogP) is 7.32. The monoisotopic (exact) mass is 568 g/mol. The van der Waals surface area contributed by atoms with Gasteiger partial charge < -0.3 is 24.4 Å². The molecule has 0 bridgehead atoms. The van der Waals surface area contributed by atoms with Gasteiger partial charge in [0, 0.05) is 35.1 Å². The second-order valence-electron chi connectivity index (χ2n) is 11.4. The van der Waals surface area contributed by atoms with Gasteiger partial charge in [-0.2, -0.15) is 0 Å². The molecule has 0 saturated heterocycles. The van der Waals surface area contributed by atoms with E-state index in [4.69, 9.17) is 30.9 Å². The van der Waals surface area contributed by atoms with Crippen LogP contribution in [0.5, 0.6) is 17.2 Å². The fourth-order valence-electron chi connectivity index (χ4n) is 5.79. The Morgan fingerprint density at radius 1 is 1.12 bits per heavy atom. The summed E-state index contributed by atoms with van der Waals surface area (Å²) >= 11 is 6.69. The van der Waals surface area contributed by atoms with Gasteiger partial charge in [0.2, 0.25) is 0 Å². The van der Waals surface area contributed by atoms with Gasteiger partial charge in [-0.1, -0.05) is 17.7 Å². The first kappa shape index (κ1) is 28.2. The Bertz CT molecular complexity index is 1440. The van der Waals surface area contributed by atoms with Gasteiger partial charge in [0.1, 0.15) is 29.2 Å². The number of carboxylic acids is 1. The Balaban J connectivity index is 1.42. The molecule has 0 amide bonds. The van der Waals surface area contributed by atoms with E-state index in [0.717, 1.165) is 33.4 Å². The predicted molar refractivity (Wildman–Crippen MR) is 151 cm³/mol. The van der Waals surface area contributed by atoms with E-state index in [1.54, 1.807) is 26.0 Å². The topological polar surface area (TPSA) is 85.2 Å². The maximum atomic E-state index is 15.4. The molecule has 3 aromatic rings. The highest BCUT2D eigenvalue weighted by atomic mass is 35.5. The lowest BCUT2D eigenvalue weighted by atomic mass is 9.90. The summed E-state index contributed by atoms with van der Waals surface area (Å²) < 4.78 is 33.3. The van der Waals surface area contributed by atoms with Crippen molar-refractivity contribution in [1.29, 1.82) is 0 Å². The van der Waals surface area contributed by atoms with E-state index < -0.39 is 23.5 Å². The van der Waals surface area contributed by atoms with Gasteiger partial charge in [0.15, 0.2) is 0 Å². The molecule has 0 fully saturated rings. The average molecular weight is 569 g/mol. The molecule has 2 atom stereocenters. The number of benzene rings is 3. The third-order valence-electron chi connectivity index (χ3n) is 7.66. The molecule has 0 aromatic heterocycles. The van der Waals surface area contributed by atoms with Crippen LogP contribution in [0.1, 0.15) is 72.9 Å². The zero-order valence-corrected chi connectivity index (χ0v) is 23.9. The zero-order chi connectivity index (χ0) is 28.8. The van der Waals surface area contributed by atoms with E-state index in [-0.39, 0.29) is 12.3 Å². The third kappa shape index (κ3) is 5.77. The Labute approximate surface area is 238 Å². The Hall–Kier alpha value is -3.29. The van der Waals surface area contributed by atoms with E-state index in [9.17, 15) is 9.90 Å². The molecule has 0 radical (unpaired) electrons. The average Bonchev–Trinajstić information content (AvgIpc) is 3.44. The fourth-order valence-corrected chi connectivity index (χ4v) is 6.10. The van der Waals surface area contributed by atoms with Crippen LogP contribution in [-0.4, -0.2) is 35.0 Å². The number of aliphatic carboxylic acids is 1. The van der Waals surface area contributed by atoms with Gasteiger partial charge in [-0.05, 0) is 87.1 Å². The lowest BCUT2D eigenvalue weighted by Crippen LogP contribution is -2.21. The van der Waals surface area contributed by atoms with Crippen molar-refractivity contribution in [3.63, 3.8) is 0 Å². The first-order chi connectivity index (χ1) is 18.9. The molecule has 40 heavy (non-hydrogen) atoms. The second kappa shape index (κ2) is 10.9. The normalized spacial score (nSPS) is 17.8. The van der Waals surface area contributed by atoms with Crippen molar-refractivity contribution in [2.24, 2.45) is 0 Å². The molecule has 3 aromatic carbocycles. The number of fused-ring (bicyclic) bond motifs is 2. The molecular weight excluding hydrogens is 535 g/mol. The van der Waals surface area contributed by atoms with Crippen molar-refractivity contribution >= 4 is 17.6 Å². The molecule has 1 aliphatic heterocycles. The highest BCUT2D eigenvalue weighted by molar-refractivity contribution is 6.33. The van der Waals surface area contributed by atoms with E-state index in [2.05, 4.69) is 0 Å².